The predicted molar refractivity (Wildman–Crippen MR) is 80.3 cm³/mol. The molecule has 0 bridgehead atoms. The Morgan fingerprint density at radius 1 is 1.16 bits per heavy atom. The highest BCUT2D eigenvalue weighted by molar-refractivity contribution is 5.83. The van der Waals surface area contributed by atoms with Crippen molar-refractivity contribution < 1.29 is 4.79 Å². The van der Waals surface area contributed by atoms with Gasteiger partial charge in [-0.1, -0.05) is 13.8 Å². The molecule has 19 heavy (non-hydrogen) atoms. The summed E-state index contributed by atoms with van der Waals surface area (Å²) in [5, 5.41) is 3.31. The highest BCUT2D eigenvalue weighted by Gasteiger charge is 2.38. The number of nitrogens with one attached hydrogen (secondary N) is 1. The quantitative estimate of drug-likeness (QED) is 0.726. The summed E-state index contributed by atoms with van der Waals surface area (Å²) in [7, 11) is 0. The van der Waals surface area contributed by atoms with E-state index in [0.717, 1.165) is 58.7 Å². The molecule has 0 aromatic rings. The highest BCUT2D eigenvalue weighted by atomic mass is 16.2. The molecule has 4 heteroatoms. The lowest BCUT2D eigenvalue weighted by molar-refractivity contribution is -0.140. The Morgan fingerprint density at radius 2 is 1.84 bits per heavy atom. The van der Waals surface area contributed by atoms with Gasteiger partial charge < -0.3 is 15.1 Å². The van der Waals surface area contributed by atoms with Crippen molar-refractivity contribution in [2.45, 2.75) is 40.5 Å². The van der Waals surface area contributed by atoms with Crippen molar-refractivity contribution in [3.63, 3.8) is 0 Å². The zero-order chi connectivity index (χ0) is 14.3. The maximum atomic E-state index is 12.6. The van der Waals surface area contributed by atoms with Crippen molar-refractivity contribution in [3.05, 3.63) is 0 Å². The molecule has 1 amide bonds. The lowest BCUT2D eigenvalue weighted by Crippen LogP contribution is -2.44. The molecule has 0 radical (unpaired) electrons. The molecule has 1 rings (SSSR count). The molecular weight excluding hydrogens is 238 g/mol. The van der Waals surface area contributed by atoms with Crippen LogP contribution in [0.25, 0.3) is 0 Å². The number of amides is 1. The molecule has 0 spiro atoms. The summed E-state index contributed by atoms with van der Waals surface area (Å²) in [5.74, 6) is 0.333. The zero-order valence-corrected chi connectivity index (χ0v) is 13.2. The van der Waals surface area contributed by atoms with Crippen LogP contribution in [0.1, 0.15) is 40.5 Å². The SMILES string of the molecule is CCN(CC)CCCN(CC)C(=O)C1(C)CCNC1. The standard InChI is InChI=1S/C15H31N3O/c1-5-17(6-2)11-8-12-18(7-3)14(19)15(4)9-10-16-13-15/h16H,5-13H2,1-4H3. The van der Waals surface area contributed by atoms with Crippen LogP contribution in [-0.2, 0) is 4.79 Å². The first-order valence-corrected chi connectivity index (χ1v) is 7.79. The van der Waals surface area contributed by atoms with E-state index in [2.05, 4.69) is 37.9 Å². The molecule has 4 nitrogen and oxygen atoms in total. The van der Waals surface area contributed by atoms with E-state index < -0.39 is 0 Å². The van der Waals surface area contributed by atoms with E-state index in [1.165, 1.54) is 0 Å². The summed E-state index contributed by atoms with van der Waals surface area (Å²) in [6.07, 6.45) is 2.04. The van der Waals surface area contributed by atoms with Gasteiger partial charge in [-0.25, -0.2) is 0 Å². The molecule has 0 aromatic heterocycles. The lowest BCUT2D eigenvalue weighted by atomic mass is 9.88. The minimum Gasteiger partial charge on any atom is -0.342 e. The monoisotopic (exact) mass is 269 g/mol. The molecule has 1 heterocycles. The van der Waals surface area contributed by atoms with Crippen LogP contribution < -0.4 is 5.32 Å². The lowest BCUT2D eigenvalue weighted by Gasteiger charge is -2.31. The van der Waals surface area contributed by atoms with Crippen LogP contribution in [0, 0.1) is 5.41 Å². The maximum absolute atomic E-state index is 12.6. The number of carbonyl (C=O) groups is 1. The Morgan fingerprint density at radius 3 is 2.32 bits per heavy atom. The first-order chi connectivity index (χ1) is 9.07. The molecule has 1 fully saturated rings. The van der Waals surface area contributed by atoms with E-state index in [9.17, 15) is 4.79 Å². The van der Waals surface area contributed by atoms with Crippen LogP contribution in [0.4, 0.5) is 0 Å². The van der Waals surface area contributed by atoms with Crippen molar-refractivity contribution in [2.24, 2.45) is 5.41 Å². The summed E-state index contributed by atoms with van der Waals surface area (Å²) in [5.41, 5.74) is -0.175. The van der Waals surface area contributed by atoms with Crippen molar-refractivity contribution >= 4 is 5.91 Å². The Balaban J connectivity index is 2.42. The van der Waals surface area contributed by atoms with Gasteiger partial charge >= 0.3 is 0 Å². The fourth-order valence-electron chi connectivity index (χ4n) is 2.81. The number of hydrogen-bond acceptors (Lipinski definition) is 3. The van der Waals surface area contributed by atoms with Gasteiger partial charge in [-0.2, -0.15) is 0 Å². The van der Waals surface area contributed by atoms with Crippen LogP contribution in [0.2, 0.25) is 0 Å². The Labute approximate surface area is 118 Å². The molecule has 1 atom stereocenters. The largest absolute Gasteiger partial charge is 0.342 e. The smallest absolute Gasteiger partial charge is 0.229 e. The van der Waals surface area contributed by atoms with Crippen LogP contribution in [0.3, 0.4) is 0 Å². The van der Waals surface area contributed by atoms with Crippen molar-refractivity contribution in [3.8, 4) is 0 Å². The Hall–Kier alpha value is -0.610. The number of carbonyl (C=O) groups excluding carboxylic acids is 1. The molecule has 112 valence electrons. The van der Waals surface area contributed by atoms with E-state index in [1.54, 1.807) is 0 Å². The van der Waals surface area contributed by atoms with Gasteiger partial charge in [0.2, 0.25) is 5.91 Å². The van der Waals surface area contributed by atoms with Gasteiger partial charge in [-0.15, -0.1) is 0 Å². The first-order valence-electron chi connectivity index (χ1n) is 7.79. The molecule has 0 aromatic carbocycles. The highest BCUT2D eigenvalue weighted by Crippen LogP contribution is 2.27. The summed E-state index contributed by atoms with van der Waals surface area (Å²) in [6, 6.07) is 0. The topological polar surface area (TPSA) is 35.6 Å². The van der Waals surface area contributed by atoms with Gasteiger partial charge in [-0.3, -0.25) is 4.79 Å². The molecule has 0 saturated carbocycles. The number of hydrogen-bond donors (Lipinski definition) is 1. The third-order valence-corrected chi connectivity index (χ3v) is 4.35. The minimum atomic E-state index is -0.175. The van der Waals surface area contributed by atoms with Crippen molar-refractivity contribution in [2.75, 3.05) is 45.8 Å². The summed E-state index contributed by atoms with van der Waals surface area (Å²) < 4.78 is 0. The van der Waals surface area contributed by atoms with Gasteiger partial charge in [0.15, 0.2) is 0 Å². The molecule has 0 aliphatic carbocycles. The molecule has 1 N–H and O–H groups in total. The Kier molecular flexibility index (Phi) is 6.80. The second kappa shape index (κ2) is 7.85. The number of rotatable bonds is 8. The van der Waals surface area contributed by atoms with Crippen LogP contribution in [0.5, 0.6) is 0 Å². The van der Waals surface area contributed by atoms with Crippen LogP contribution in [-0.4, -0.2) is 61.5 Å². The molecular formula is C15H31N3O. The fraction of sp³-hybridized carbons (Fsp3) is 0.933. The van der Waals surface area contributed by atoms with Crippen molar-refractivity contribution in [1.29, 1.82) is 0 Å². The normalized spacial score (nSPS) is 23.0. The molecule has 1 saturated heterocycles. The second-order valence-electron chi connectivity index (χ2n) is 5.75. The number of nitrogens with zero attached hydrogens (tertiary/aromatic N) is 2. The van der Waals surface area contributed by atoms with Gasteiger partial charge in [0, 0.05) is 19.6 Å². The minimum absolute atomic E-state index is 0.175. The summed E-state index contributed by atoms with van der Waals surface area (Å²) in [4.78, 5) is 17.0. The third kappa shape index (κ3) is 4.46. The molecule has 1 aliphatic heterocycles. The van der Waals surface area contributed by atoms with Gasteiger partial charge in [-0.05, 0) is 52.9 Å². The molecule has 1 unspecified atom stereocenters. The average Bonchev–Trinajstić information content (AvgIpc) is 2.87. The van der Waals surface area contributed by atoms with E-state index in [1.807, 2.05) is 4.90 Å². The van der Waals surface area contributed by atoms with Gasteiger partial charge in [0.25, 0.3) is 0 Å². The van der Waals surface area contributed by atoms with E-state index >= 15 is 0 Å². The zero-order valence-electron chi connectivity index (χ0n) is 13.2. The first kappa shape index (κ1) is 16.4. The van der Waals surface area contributed by atoms with E-state index in [4.69, 9.17) is 0 Å². The fourth-order valence-corrected chi connectivity index (χ4v) is 2.81. The predicted octanol–water partition coefficient (Wildman–Crippen LogP) is 1.57. The van der Waals surface area contributed by atoms with Gasteiger partial charge in [0.1, 0.15) is 0 Å². The Bertz CT molecular complexity index is 271. The van der Waals surface area contributed by atoms with Crippen LogP contribution >= 0.6 is 0 Å². The van der Waals surface area contributed by atoms with Crippen LogP contribution in [0.15, 0.2) is 0 Å². The van der Waals surface area contributed by atoms with E-state index in [0.29, 0.717) is 5.91 Å². The summed E-state index contributed by atoms with van der Waals surface area (Å²) in [6.45, 7) is 15.4. The average molecular weight is 269 g/mol. The molecule has 1 aliphatic rings. The maximum Gasteiger partial charge on any atom is 0.229 e. The van der Waals surface area contributed by atoms with Crippen molar-refractivity contribution in [1.82, 2.24) is 15.1 Å². The second-order valence-corrected chi connectivity index (χ2v) is 5.75. The van der Waals surface area contributed by atoms with E-state index in [-0.39, 0.29) is 5.41 Å². The van der Waals surface area contributed by atoms with Gasteiger partial charge in [0.05, 0.1) is 5.41 Å². The summed E-state index contributed by atoms with van der Waals surface area (Å²) >= 11 is 0. The third-order valence-electron chi connectivity index (χ3n) is 4.35.